The second-order valence-corrected chi connectivity index (χ2v) is 7.15. The first-order valence-electron chi connectivity index (χ1n) is 8.70. The molecular formula is C20H19Cl2NO6. The largest absolute Gasteiger partial charge is 0.495 e. The number of methoxy groups -OCH3 is 2. The number of benzene rings is 2. The summed E-state index contributed by atoms with van der Waals surface area (Å²) in [6, 6.07) is 8.29. The first-order chi connectivity index (χ1) is 13.9. The summed E-state index contributed by atoms with van der Waals surface area (Å²) in [7, 11) is 2.90. The van der Waals surface area contributed by atoms with E-state index in [9.17, 15) is 9.59 Å². The van der Waals surface area contributed by atoms with E-state index in [4.69, 9.17) is 42.1 Å². The van der Waals surface area contributed by atoms with Crippen molar-refractivity contribution in [3.8, 4) is 17.2 Å². The van der Waals surface area contributed by atoms with Crippen molar-refractivity contribution in [2.75, 3.05) is 32.8 Å². The fourth-order valence-electron chi connectivity index (χ4n) is 2.91. The molecule has 0 aliphatic carbocycles. The lowest BCUT2D eigenvalue weighted by Crippen LogP contribution is -2.32. The van der Waals surface area contributed by atoms with Gasteiger partial charge < -0.3 is 24.3 Å². The minimum Gasteiger partial charge on any atom is -0.495 e. The number of hydrogen-bond acceptors (Lipinski definition) is 6. The van der Waals surface area contributed by atoms with Gasteiger partial charge in [0.25, 0.3) is 5.91 Å². The first-order valence-corrected chi connectivity index (χ1v) is 9.46. The van der Waals surface area contributed by atoms with Gasteiger partial charge in [0.15, 0.2) is 6.61 Å². The number of carbonyl (C=O) groups excluding carboxylic acids is 2. The Kier molecular flexibility index (Phi) is 6.71. The van der Waals surface area contributed by atoms with Crippen LogP contribution in [0.3, 0.4) is 0 Å². The lowest BCUT2D eigenvalue weighted by Gasteiger charge is -2.24. The van der Waals surface area contributed by atoms with Crippen molar-refractivity contribution in [2.24, 2.45) is 5.92 Å². The van der Waals surface area contributed by atoms with E-state index in [2.05, 4.69) is 5.32 Å². The van der Waals surface area contributed by atoms with Crippen LogP contribution in [0.15, 0.2) is 30.3 Å². The Balaban J connectivity index is 1.58. The smallest absolute Gasteiger partial charge is 0.313 e. The second-order valence-electron chi connectivity index (χ2n) is 6.31. The van der Waals surface area contributed by atoms with Crippen molar-refractivity contribution in [3.63, 3.8) is 0 Å². The van der Waals surface area contributed by atoms with Crippen molar-refractivity contribution in [1.82, 2.24) is 0 Å². The average Bonchev–Trinajstić information content (AvgIpc) is 2.72. The number of anilines is 1. The van der Waals surface area contributed by atoms with E-state index >= 15 is 0 Å². The third kappa shape index (κ3) is 5.05. The molecule has 1 aliphatic heterocycles. The lowest BCUT2D eigenvalue weighted by atomic mass is 9.97. The number of carbonyl (C=O) groups is 2. The fraction of sp³-hybridized carbons (Fsp3) is 0.300. The lowest BCUT2D eigenvalue weighted by molar-refractivity contribution is -0.152. The third-order valence-corrected chi connectivity index (χ3v) is 4.89. The van der Waals surface area contributed by atoms with E-state index in [1.165, 1.54) is 26.4 Å². The highest BCUT2D eigenvalue weighted by atomic mass is 35.5. The maximum Gasteiger partial charge on any atom is 0.313 e. The Hall–Kier alpha value is -2.64. The van der Waals surface area contributed by atoms with Gasteiger partial charge in [-0.05, 0) is 30.2 Å². The van der Waals surface area contributed by atoms with Gasteiger partial charge in [0.05, 0.1) is 30.8 Å². The van der Waals surface area contributed by atoms with Gasteiger partial charge in [-0.1, -0.05) is 23.2 Å². The van der Waals surface area contributed by atoms with Gasteiger partial charge in [-0.3, -0.25) is 9.59 Å². The normalized spacial score (nSPS) is 15.0. The van der Waals surface area contributed by atoms with Crippen molar-refractivity contribution >= 4 is 40.8 Å². The zero-order valence-electron chi connectivity index (χ0n) is 15.8. The fourth-order valence-corrected chi connectivity index (χ4v) is 3.34. The van der Waals surface area contributed by atoms with Crippen LogP contribution < -0.4 is 19.5 Å². The zero-order valence-corrected chi connectivity index (χ0v) is 17.3. The molecule has 7 nitrogen and oxygen atoms in total. The predicted octanol–water partition coefficient (Wildman–Crippen LogP) is 3.74. The van der Waals surface area contributed by atoms with Crippen LogP contribution in [-0.2, 0) is 20.7 Å². The molecule has 0 spiro atoms. The Morgan fingerprint density at radius 2 is 1.90 bits per heavy atom. The molecule has 2 aromatic carbocycles. The van der Waals surface area contributed by atoms with Crippen LogP contribution in [0.5, 0.6) is 17.2 Å². The van der Waals surface area contributed by atoms with Gasteiger partial charge in [0.2, 0.25) is 0 Å². The quantitative estimate of drug-likeness (QED) is 0.690. The van der Waals surface area contributed by atoms with Gasteiger partial charge in [0.1, 0.15) is 23.9 Å². The summed E-state index contributed by atoms with van der Waals surface area (Å²) in [4.78, 5) is 24.6. The molecule has 1 N–H and O–H groups in total. The topological polar surface area (TPSA) is 83.1 Å². The van der Waals surface area contributed by atoms with Crippen LogP contribution in [0.25, 0.3) is 0 Å². The second kappa shape index (κ2) is 9.24. The number of esters is 1. The van der Waals surface area contributed by atoms with E-state index in [1.54, 1.807) is 18.2 Å². The summed E-state index contributed by atoms with van der Waals surface area (Å²) in [5.41, 5.74) is 1.17. The molecule has 29 heavy (non-hydrogen) atoms. The number of nitrogens with one attached hydrogen (secondary N) is 1. The molecule has 0 saturated carbocycles. The molecule has 1 amide bonds. The highest BCUT2D eigenvalue weighted by Crippen LogP contribution is 2.36. The first kappa shape index (κ1) is 21.1. The van der Waals surface area contributed by atoms with E-state index in [-0.39, 0.29) is 6.61 Å². The number of fused-ring (bicyclic) bond motifs is 1. The molecule has 1 unspecified atom stereocenters. The summed E-state index contributed by atoms with van der Waals surface area (Å²) in [5, 5.41) is 3.52. The summed E-state index contributed by atoms with van der Waals surface area (Å²) in [6.07, 6.45) is 0.429. The van der Waals surface area contributed by atoms with Crippen molar-refractivity contribution < 1.29 is 28.5 Å². The summed E-state index contributed by atoms with van der Waals surface area (Å²) >= 11 is 12.0. The van der Waals surface area contributed by atoms with Crippen molar-refractivity contribution in [2.45, 2.75) is 6.42 Å². The molecule has 0 saturated heterocycles. The van der Waals surface area contributed by atoms with E-state index in [0.29, 0.717) is 39.4 Å². The van der Waals surface area contributed by atoms with E-state index < -0.39 is 24.4 Å². The maximum absolute atomic E-state index is 12.3. The average molecular weight is 440 g/mol. The van der Waals surface area contributed by atoms with Gasteiger partial charge in [0, 0.05) is 17.2 Å². The highest BCUT2D eigenvalue weighted by Gasteiger charge is 2.28. The molecule has 9 heteroatoms. The third-order valence-electron chi connectivity index (χ3n) is 4.36. The number of amides is 1. The summed E-state index contributed by atoms with van der Waals surface area (Å²) in [6.45, 7) is -0.275. The number of rotatable bonds is 6. The van der Waals surface area contributed by atoms with Crippen molar-refractivity contribution in [3.05, 3.63) is 45.9 Å². The van der Waals surface area contributed by atoms with E-state index in [0.717, 1.165) is 5.56 Å². The molecule has 0 aromatic heterocycles. The zero-order chi connectivity index (χ0) is 21.0. The number of hydrogen-bond donors (Lipinski definition) is 1. The number of ether oxygens (including phenoxy) is 4. The van der Waals surface area contributed by atoms with Crippen LogP contribution in [0.4, 0.5) is 5.69 Å². The Morgan fingerprint density at radius 3 is 2.62 bits per heavy atom. The SMILES string of the molecule is COc1cc(NC(=O)COC(=O)C2COc3ccc(Cl)cc3C2)c(OC)cc1Cl. The number of halogens is 2. The van der Waals surface area contributed by atoms with Crippen LogP contribution in [0, 0.1) is 5.92 Å². The standard InChI is InChI=1S/C20H19Cl2NO6/c1-26-17-8-15(18(27-2)7-14(17)22)23-19(24)10-29-20(25)12-5-11-6-13(21)3-4-16(11)28-9-12/h3-4,6-8,12H,5,9-10H2,1-2H3,(H,23,24). The van der Waals surface area contributed by atoms with Gasteiger partial charge in [-0.15, -0.1) is 0 Å². The van der Waals surface area contributed by atoms with Gasteiger partial charge in [-0.2, -0.15) is 0 Å². The molecule has 1 heterocycles. The predicted molar refractivity (Wildman–Crippen MR) is 108 cm³/mol. The minimum atomic E-state index is -0.527. The molecule has 3 rings (SSSR count). The molecular weight excluding hydrogens is 421 g/mol. The molecule has 0 radical (unpaired) electrons. The molecule has 154 valence electrons. The Labute approximate surface area is 177 Å². The van der Waals surface area contributed by atoms with Crippen LogP contribution >= 0.6 is 23.2 Å². The molecule has 2 aromatic rings. The Morgan fingerprint density at radius 1 is 1.14 bits per heavy atom. The van der Waals surface area contributed by atoms with Crippen LogP contribution in [0.2, 0.25) is 10.0 Å². The van der Waals surface area contributed by atoms with Gasteiger partial charge >= 0.3 is 5.97 Å². The van der Waals surface area contributed by atoms with Crippen molar-refractivity contribution in [1.29, 1.82) is 0 Å². The minimum absolute atomic E-state index is 0.178. The molecule has 0 fully saturated rings. The highest BCUT2D eigenvalue weighted by molar-refractivity contribution is 6.32. The van der Waals surface area contributed by atoms with Crippen LogP contribution in [0.1, 0.15) is 5.56 Å². The van der Waals surface area contributed by atoms with Gasteiger partial charge in [-0.25, -0.2) is 0 Å². The summed E-state index contributed by atoms with van der Waals surface area (Å²) in [5.74, 6) is -0.146. The molecule has 0 bridgehead atoms. The Bertz CT molecular complexity index is 933. The monoisotopic (exact) mass is 439 g/mol. The van der Waals surface area contributed by atoms with Crippen LogP contribution in [-0.4, -0.2) is 39.3 Å². The molecule has 1 aliphatic rings. The van der Waals surface area contributed by atoms with E-state index in [1.807, 2.05) is 0 Å². The molecule has 1 atom stereocenters. The summed E-state index contributed by atoms with van der Waals surface area (Å²) < 4.78 is 21.1. The maximum atomic E-state index is 12.3.